The van der Waals surface area contributed by atoms with Crippen molar-refractivity contribution in [3.05, 3.63) is 36.0 Å². The lowest BCUT2D eigenvalue weighted by Gasteiger charge is -2.36. The fraction of sp³-hybridized carbons (Fsp3) is 0.444. The van der Waals surface area contributed by atoms with Gasteiger partial charge in [0, 0.05) is 51.0 Å². The van der Waals surface area contributed by atoms with Gasteiger partial charge in [-0.15, -0.1) is 0 Å². The van der Waals surface area contributed by atoms with Crippen molar-refractivity contribution in [2.75, 3.05) is 50.5 Å². The highest BCUT2D eigenvalue weighted by atomic mass is 32.2. The number of benzene rings is 1. The van der Waals surface area contributed by atoms with E-state index in [4.69, 9.17) is 4.74 Å². The van der Waals surface area contributed by atoms with Crippen LogP contribution in [-0.2, 0) is 14.8 Å². The summed E-state index contributed by atoms with van der Waals surface area (Å²) in [7, 11) is -1.69. The van der Waals surface area contributed by atoms with Gasteiger partial charge in [-0.3, -0.25) is 0 Å². The highest BCUT2D eigenvalue weighted by Crippen LogP contribution is 2.28. The molecule has 3 rings (SSSR count). The van der Waals surface area contributed by atoms with Crippen molar-refractivity contribution in [2.24, 2.45) is 0 Å². The van der Waals surface area contributed by atoms with Gasteiger partial charge in [0.1, 0.15) is 11.8 Å². The Hall–Kier alpha value is -2.21. The number of hydrogen-bond acceptors (Lipinski definition) is 6. The first-order chi connectivity index (χ1) is 12.5. The minimum absolute atomic E-state index is 0.109. The number of pyridine rings is 1. The summed E-state index contributed by atoms with van der Waals surface area (Å²) in [6.45, 7) is 2.49. The number of fused-ring (bicyclic) bond motifs is 1. The second-order valence-corrected chi connectivity index (χ2v) is 8.29. The summed E-state index contributed by atoms with van der Waals surface area (Å²) >= 11 is 0. The highest BCUT2D eigenvalue weighted by molar-refractivity contribution is 7.89. The minimum Gasteiger partial charge on any atom is -0.385 e. The van der Waals surface area contributed by atoms with Gasteiger partial charge in [-0.1, -0.05) is 18.2 Å². The van der Waals surface area contributed by atoms with Gasteiger partial charge in [0.2, 0.25) is 10.0 Å². The van der Waals surface area contributed by atoms with Crippen LogP contribution in [0.3, 0.4) is 0 Å². The molecule has 2 heterocycles. The molecule has 2 aromatic rings. The number of aromatic nitrogens is 1. The number of hydrogen-bond donors (Lipinski definition) is 0. The average Bonchev–Trinajstić information content (AvgIpc) is 2.67. The summed E-state index contributed by atoms with van der Waals surface area (Å²) in [4.78, 5) is 6.47. The van der Waals surface area contributed by atoms with Crippen molar-refractivity contribution in [1.82, 2.24) is 9.29 Å². The summed E-state index contributed by atoms with van der Waals surface area (Å²) in [6.07, 6.45) is 0.500. The number of methoxy groups -OCH3 is 1. The minimum atomic E-state index is -3.25. The van der Waals surface area contributed by atoms with Crippen LogP contribution in [0, 0.1) is 11.3 Å². The Morgan fingerprint density at radius 2 is 1.96 bits per heavy atom. The molecule has 0 atom stereocenters. The van der Waals surface area contributed by atoms with E-state index < -0.39 is 10.0 Å². The lowest BCUT2D eigenvalue weighted by atomic mass is 10.1. The maximum atomic E-state index is 12.4. The van der Waals surface area contributed by atoms with Gasteiger partial charge in [-0.05, 0) is 18.6 Å². The lowest BCUT2D eigenvalue weighted by Crippen LogP contribution is -2.49. The van der Waals surface area contributed by atoms with Crippen LogP contribution >= 0.6 is 0 Å². The Balaban J connectivity index is 1.76. The van der Waals surface area contributed by atoms with Crippen molar-refractivity contribution in [1.29, 1.82) is 5.26 Å². The van der Waals surface area contributed by atoms with E-state index in [2.05, 4.69) is 16.0 Å². The SMILES string of the molecule is COCCCS(=O)(=O)N1CCN(c2cc(C#N)nc3ccccc23)CC1. The smallest absolute Gasteiger partial charge is 0.214 e. The number of nitriles is 1. The van der Waals surface area contributed by atoms with Crippen molar-refractivity contribution < 1.29 is 13.2 Å². The van der Waals surface area contributed by atoms with E-state index in [1.54, 1.807) is 17.5 Å². The van der Waals surface area contributed by atoms with Crippen LogP contribution in [0.15, 0.2) is 30.3 Å². The second-order valence-electron chi connectivity index (χ2n) is 6.20. The fourth-order valence-electron chi connectivity index (χ4n) is 3.20. The van der Waals surface area contributed by atoms with Gasteiger partial charge in [0.05, 0.1) is 11.3 Å². The first-order valence-corrected chi connectivity index (χ1v) is 10.2. The Morgan fingerprint density at radius 3 is 2.65 bits per heavy atom. The third-order valence-electron chi connectivity index (χ3n) is 4.53. The molecule has 0 saturated carbocycles. The second kappa shape index (κ2) is 7.99. The molecule has 0 bridgehead atoms. The van der Waals surface area contributed by atoms with Gasteiger partial charge >= 0.3 is 0 Å². The van der Waals surface area contributed by atoms with Gasteiger partial charge in [-0.25, -0.2) is 13.4 Å². The van der Waals surface area contributed by atoms with E-state index in [9.17, 15) is 13.7 Å². The molecule has 0 aliphatic carbocycles. The molecule has 7 nitrogen and oxygen atoms in total. The summed E-state index contributed by atoms with van der Waals surface area (Å²) in [6, 6.07) is 11.6. The molecule has 0 spiro atoms. The number of ether oxygens (including phenoxy) is 1. The predicted molar refractivity (Wildman–Crippen MR) is 101 cm³/mol. The third kappa shape index (κ3) is 3.96. The number of anilines is 1. The Morgan fingerprint density at radius 1 is 1.23 bits per heavy atom. The van der Waals surface area contributed by atoms with Crippen molar-refractivity contribution in [3.63, 3.8) is 0 Å². The summed E-state index contributed by atoms with van der Waals surface area (Å²) < 4.78 is 31.3. The summed E-state index contributed by atoms with van der Waals surface area (Å²) in [5, 5.41) is 10.2. The lowest BCUT2D eigenvalue weighted by molar-refractivity contribution is 0.199. The van der Waals surface area contributed by atoms with Crippen LogP contribution in [0.1, 0.15) is 12.1 Å². The molecule has 0 N–H and O–H groups in total. The molecular formula is C18H22N4O3S. The first kappa shape index (κ1) is 18.6. The molecule has 1 aromatic heterocycles. The van der Waals surface area contributed by atoms with E-state index in [1.807, 2.05) is 24.3 Å². The zero-order valence-electron chi connectivity index (χ0n) is 14.8. The van der Waals surface area contributed by atoms with Crippen LogP contribution in [0.5, 0.6) is 0 Å². The average molecular weight is 374 g/mol. The molecule has 0 amide bonds. The zero-order chi connectivity index (χ0) is 18.6. The van der Waals surface area contributed by atoms with Gasteiger partial charge in [-0.2, -0.15) is 9.57 Å². The molecule has 1 aromatic carbocycles. The van der Waals surface area contributed by atoms with Crippen molar-refractivity contribution in [3.8, 4) is 6.07 Å². The standard InChI is InChI=1S/C18H22N4O3S/c1-25-11-4-12-26(23,24)22-9-7-21(8-10-22)18-13-15(14-19)20-17-6-3-2-5-16(17)18/h2-3,5-6,13H,4,7-12H2,1H3. The van der Waals surface area contributed by atoms with E-state index in [-0.39, 0.29) is 5.75 Å². The van der Waals surface area contributed by atoms with Gasteiger partial charge < -0.3 is 9.64 Å². The van der Waals surface area contributed by atoms with Crippen LogP contribution in [-0.4, -0.2) is 63.4 Å². The molecular weight excluding hydrogens is 352 g/mol. The monoisotopic (exact) mass is 374 g/mol. The number of para-hydroxylation sites is 1. The molecule has 8 heteroatoms. The molecule has 0 unspecified atom stereocenters. The number of piperazine rings is 1. The van der Waals surface area contributed by atoms with Crippen LogP contribution in [0.25, 0.3) is 10.9 Å². The quantitative estimate of drug-likeness (QED) is 0.714. The van der Waals surface area contributed by atoms with Crippen LogP contribution in [0.4, 0.5) is 5.69 Å². The molecule has 138 valence electrons. The molecule has 1 saturated heterocycles. The third-order valence-corrected chi connectivity index (χ3v) is 6.49. The molecule has 1 aliphatic heterocycles. The fourth-order valence-corrected chi connectivity index (χ4v) is 4.66. The van der Waals surface area contributed by atoms with Crippen molar-refractivity contribution in [2.45, 2.75) is 6.42 Å². The maximum Gasteiger partial charge on any atom is 0.214 e. The first-order valence-electron chi connectivity index (χ1n) is 8.57. The van der Waals surface area contributed by atoms with E-state index in [0.29, 0.717) is 44.9 Å². The Bertz CT molecular complexity index is 916. The zero-order valence-corrected chi connectivity index (χ0v) is 15.6. The van der Waals surface area contributed by atoms with Gasteiger partial charge in [0.25, 0.3) is 0 Å². The number of nitrogens with zero attached hydrogens (tertiary/aromatic N) is 4. The molecule has 1 fully saturated rings. The Kier molecular flexibility index (Phi) is 5.71. The predicted octanol–water partition coefficient (Wildman–Crippen LogP) is 1.59. The normalized spacial score (nSPS) is 15.9. The largest absolute Gasteiger partial charge is 0.385 e. The van der Waals surface area contributed by atoms with Gasteiger partial charge in [0.15, 0.2) is 0 Å². The highest BCUT2D eigenvalue weighted by Gasteiger charge is 2.27. The number of rotatable bonds is 6. The van der Waals surface area contributed by atoms with Crippen LogP contribution < -0.4 is 4.90 Å². The molecule has 0 radical (unpaired) electrons. The maximum absolute atomic E-state index is 12.4. The molecule has 26 heavy (non-hydrogen) atoms. The number of sulfonamides is 1. The topological polar surface area (TPSA) is 86.5 Å². The van der Waals surface area contributed by atoms with Crippen LogP contribution in [0.2, 0.25) is 0 Å². The summed E-state index contributed by atoms with van der Waals surface area (Å²) in [5.41, 5.74) is 2.08. The van der Waals surface area contributed by atoms with E-state index >= 15 is 0 Å². The molecule has 1 aliphatic rings. The Labute approximate surface area is 153 Å². The van der Waals surface area contributed by atoms with Crippen molar-refractivity contribution >= 4 is 26.6 Å². The summed E-state index contributed by atoms with van der Waals surface area (Å²) in [5.74, 6) is 0.109. The van der Waals surface area contributed by atoms with E-state index in [0.717, 1.165) is 16.6 Å². The van der Waals surface area contributed by atoms with E-state index in [1.165, 1.54) is 0 Å².